The molecule has 2 aliphatic rings. The highest BCUT2D eigenvalue weighted by molar-refractivity contribution is 6.42. The van der Waals surface area contributed by atoms with Crippen LogP contribution in [-0.4, -0.2) is 63.0 Å². The molecule has 2 unspecified atom stereocenters. The third-order valence-corrected chi connectivity index (χ3v) is 6.72. The molecule has 4 rings (SSSR count). The number of hydrazone groups is 1. The fourth-order valence-electron chi connectivity index (χ4n) is 4.23. The number of hydrogen-bond acceptors (Lipinski definition) is 7. The van der Waals surface area contributed by atoms with Gasteiger partial charge in [0, 0.05) is 46.3 Å². The number of nitrogens with one attached hydrogen (secondary N) is 1. The Balaban J connectivity index is 1.39. The molecule has 1 aromatic carbocycles. The van der Waals surface area contributed by atoms with Gasteiger partial charge in [0.2, 0.25) is 5.84 Å². The predicted octanol–water partition coefficient (Wildman–Crippen LogP) is 5.05. The largest absolute Gasteiger partial charge is 0.458 e. The maximum Gasteiger partial charge on any atom is 0.329 e. The third kappa shape index (κ3) is 7.49. The van der Waals surface area contributed by atoms with Gasteiger partial charge in [-0.2, -0.15) is 0 Å². The quantitative estimate of drug-likeness (QED) is 0.271. The first-order chi connectivity index (χ1) is 18.9. The van der Waals surface area contributed by atoms with E-state index in [0.717, 1.165) is 11.1 Å². The molecule has 0 spiro atoms. The summed E-state index contributed by atoms with van der Waals surface area (Å²) in [5.74, 6) is 0.682. The Bertz CT molecular complexity index is 1370. The van der Waals surface area contributed by atoms with Crippen LogP contribution in [0.5, 0.6) is 0 Å². The average Bonchev–Trinajstić information content (AvgIpc) is 3.68. The molecule has 1 amide bonds. The van der Waals surface area contributed by atoms with Crippen molar-refractivity contribution in [1.29, 1.82) is 0 Å². The van der Waals surface area contributed by atoms with Gasteiger partial charge >= 0.3 is 5.97 Å². The van der Waals surface area contributed by atoms with Crippen LogP contribution in [0.3, 0.4) is 0 Å². The zero-order valence-corrected chi connectivity index (χ0v) is 24.2. The van der Waals surface area contributed by atoms with Gasteiger partial charge in [-0.1, -0.05) is 35.9 Å². The topological polar surface area (TPSA) is 99.3 Å². The van der Waals surface area contributed by atoms with Gasteiger partial charge in [-0.05, 0) is 71.2 Å². The fourth-order valence-corrected chi connectivity index (χ4v) is 4.23. The lowest BCUT2D eigenvalue weighted by Crippen LogP contribution is -2.45. The van der Waals surface area contributed by atoms with Crippen molar-refractivity contribution in [2.24, 2.45) is 10.1 Å². The summed E-state index contributed by atoms with van der Waals surface area (Å²) in [5.41, 5.74) is 3.35. The van der Waals surface area contributed by atoms with Crippen LogP contribution in [0.4, 0.5) is 5.69 Å². The van der Waals surface area contributed by atoms with Crippen molar-refractivity contribution in [3.8, 4) is 0 Å². The van der Waals surface area contributed by atoms with Crippen molar-refractivity contribution in [2.45, 2.75) is 77.9 Å². The van der Waals surface area contributed by atoms with Crippen molar-refractivity contribution < 1.29 is 19.0 Å². The number of esters is 1. The molecule has 0 bridgehead atoms. The molecule has 2 aromatic rings. The zero-order chi connectivity index (χ0) is 29.0. The summed E-state index contributed by atoms with van der Waals surface area (Å²) < 4.78 is 7.09. The summed E-state index contributed by atoms with van der Waals surface area (Å²) >= 11 is 0. The number of pyridine rings is 1. The molecule has 1 aliphatic carbocycles. The van der Waals surface area contributed by atoms with Crippen LogP contribution < -0.4 is 5.32 Å². The second kappa shape index (κ2) is 11.9. The fraction of sp³-hybridized carbons (Fsp3) is 0.419. The van der Waals surface area contributed by atoms with Crippen LogP contribution in [0.25, 0.3) is 0 Å². The number of amidine groups is 1. The smallest absolute Gasteiger partial charge is 0.329 e. The van der Waals surface area contributed by atoms with E-state index in [-0.39, 0.29) is 17.8 Å². The van der Waals surface area contributed by atoms with E-state index in [2.05, 4.69) is 46.2 Å². The Morgan fingerprint density at radius 3 is 2.62 bits per heavy atom. The second-order valence-corrected chi connectivity index (χ2v) is 11.4. The van der Waals surface area contributed by atoms with Crippen molar-refractivity contribution in [3.63, 3.8) is 0 Å². The number of aromatic nitrogens is 1. The molecule has 9 heteroatoms. The summed E-state index contributed by atoms with van der Waals surface area (Å²) in [4.78, 5) is 36.3. The van der Waals surface area contributed by atoms with Crippen LogP contribution in [0, 0.1) is 0 Å². The SMILES string of the molecule is C=[N+]1CN(C(C)C(=O)OC(C)(C)C)C(c2cccc(NC(=O)C(C)=NC=CC(C)c3ccc(C4CC4)nc3)c2)=N1. The number of rotatable bonds is 9. The predicted molar refractivity (Wildman–Crippen MR) is 158 cm³/mol. The molecule has 1 aromatic heterocycles. The van der Waals surface area contributed by atoms with E-state index >= 15 is 0 Å². The van der Waals surface area contributed by atoms with Gasteiger partial charge in [-0.25, -0.2) is 4.79 Å². The molecular weight excluding hydrogens is 504 g/mol. The summed E-state index contributed by atoms with van der Waals surface area (Å²) in [7, 11) is 0. The van der Waals surface area contributed by atoms with Crippen LogP contribution in [0.15, 0.2) is 65.0 Å². The monoisotopic (exact) mass is 543 g/mol. The molecule has 1 fully saturated rings. The zero-order valence-electron chi connectivity index (χ0n) is 24.2. The minimum atomic E-state index is -0.596. The average molecular weight is 544 g/mol. The molecule has 0 saturated heterocycles. The van der Waals surface area contributed by atoms with E-state index in [4.69, 9.17) is 4.74 Å². The number of carbonyl (C=O) groups excluding carboxylic acids is 2. The highest BCUT2D eigenvalue weighted by Gasteiger charge is 2.36. The number of benzene rings is 1. The number of nitrogens with zero attached hydrogens (tertiary/aromatic N) is 5. The number of ether oxygens (including phenoxy) is 1. The van der Waals surface area contributed by atoms with E-state index in [0.29, 0.717) is 29.8 Å². The van der Waals surface area contributed by atoms with Crippen molar-refractivity contribution >= 4 is 35.8 Å². The highest BCUT2D eigenvalue weighted by atomic mass is 16.6. The molecule has 2 heterocycles. The van der Waals surface area contributed by atoms with Gasteiger partial charge < -0.3 is 10.1 Å². The lowest BCUT2D eigenvalue weighted by Gasteiger charge is -2.26. The molecule has 40 heavy (non-hydrogen) atoms. The number of carbonyl (C=O) groups is 2. The molecule has 1 N–H and O–H groups in total. The van der Waals surface area contributed by atoms with Gasteiger partial charge in [0.25, 0.3) is 12.6 Å². The van der Waals surface area contributed by atoms with E-state index in [9.17, 15) is 9.59 Å². The van der Waals surface area contributed by atoms with E-state index in [1.807, 2.05) is 56.1 Å². The number of anilines is 1. The summed E-state index contributed by atoms with van der Waals surface area (Å²) in [6.45, 7) is 15.3. The van der Waals surface area contributed by atoms with Crippen LogP contribution in [-0.2, 0) is 14.3 Å². The Morgan fingerprint density at radius 1 is 1.23 bits per heavy atom. The lowest BCUT2D eigenvalue weighted by atomic mass is 10.0. The summed E-state index contributed by atoms with van der Waals surface area (Å²) in [6.07, 6.45) is 8.01. The van der Waals surface area contributed by atoms with Crippen LogP contribution in [0.1, 0.15) is 83.0 Å². The minimum Gasteiger partial charge on any atom is -0.458 e. The van der Waals surface area contributed by atoms with E-state index in [1.54, 1.807) is 26.1 Å². The van der Waals surface area contributed by atoms with Gasteiger partial charge in [0.15, 0.2) is 6.72 Å². The van der Waals surface area contributed by atoms with Crippen LogP contribution >= 0.6 is 0 Å². The molecule has 0 radical (unpaired) electrons. The number of amides is 1. The van der Waals surface area contributed by atoms with Crippen molar-refractivity contribution in [2.75, 3.05) is 12.0 Å². The highest BCUT2D eigenvalue weighted by Crippen LogP contribution is 2.39. The minimum absolute atomic E-state index is 0.128. The molecule has 210 valence electrons. The first-order valence-electron chi connectivity index (χ1n) is 13.7. The molecule has 1 saturated carbocycles. The standard InChI is InChI=1S/C31H38N6O3/c1-20(25-13-14-27(33-18-25)23-11-12-23)15-16-32-21(2)29(38)34-26-10-8-9-24(17-26)28-35-36(7)19-37(28)22(3)30(39)40-31(4,5)6/h8-10,13-18,20,22-23H,7,11-12,19H2,1-6H3/p+1. The van der Waals surface area contributed by atoms with Crippen LogP contribution in [0.2, 0.25) is 0 Å². The Kier molecular flexibility index (Phi) is 8.61. The van der Waals surface area contributed by atoms with Gasteiger partial charge in [-0.15, -0.1) is 0 Å². The second-order valence-electron chi connectivity index (χ2n) is 11.4. The van der Waals surface area contributed by atoms with E-state index in [1.165, 1.54) is 23.2 Å². The van der Waals surface area contributed by atoms with Crippen molar-refractivity contribution in [3.05, 3.63) is 71.7 Å². The summed E-state index contributed by atoms with van der Waals surface area (Å²) in [5, 5.41) is 7.40. The number of aliphatic imine (C=N–C) groups is 1. The number of hydrogen-bond donors (Lipinski definition) is 1. The van der Waals surface area contributed by atoms with Gasteiger partial charge in [0.1, 0.15) is 17.4 Å². The molecular formula is C31H39N6O3+. The first-order valence-corrected chi connectivity index (χ1v) is 13.7. The van der Waals surface area contributed by atoms with Gasteiger partial charge in [0.05, 0.1) is 0 Å². The molecule has 9 nitrogen and oxygen atoms in total. The first kappa shape index (κ1) is 28.9. The summed E-state index contributed by atoms with van der Waals surface area (Å²) in [6, 6.07) is 11.0. The Morgan fingerprint density at radius 2 is 1.98 bits per heavy atom. The lowest BCUT2D eigenvalue weighted by molar-refractivity contribution is -0.528. The number of allylic oxidation sites excluding steroid dienone is 1. The normalized spacial score (nSPS) is 17.6. The molecule has 1 aliphatic heterocycles. The maximum absolute atomic E-state index is 12.8. The van der Waals surface area contributed by atoms with Gasteiger partial charge in [-0.3, -0.25) is 19.7 Å². The molecule has 2 atom stereocenters. The Hall–Kier alpha value is -4.14. The Labute approximate surface area is 236 Å². The maximum atomic E-state index is 12.8. The van der Waals surface area contributed by atoms with E-state index < -0.39 is 11.6 Å². The van der Waals surface area contributed by atoms with Crippen molar-refractivity contribution in [1.82, 2.24) is 9.88 Å². The third-order valence-electron chi connectivity index (χ3n) is 6.72.